The van der Waals surface area contributed by atoms with Crippen LogP contribution in [0.1, 0.15) is 27.7 Å². The van der Waals surface area contributed by atoms with E-state index < -0.39 is 32.2 Å². The summed E-state index contributed by atoms with van der Waals surface area (Å²) in [6.45, 7) is 5.96. The fourth-order valence-electron chi connectivity index (χ4n) is 0.915. The van der Waals surface area contributed by atoms with Crippen molar-refractivity contribution in [3.63, 3.8) is 0 Å². The Bertz CT molecular complexity index is 279. The molecule has 0 saturated heterocycles. The average Bonchev–Trinajstić information content (AvgIpc) is 2.01. The molecule has 0 aliphatic heterocycles. The zero-order valence-corrected chi connectivity index (χ0v) is 9.13. The van der Waals surface area contributed by atoms with Gasteiger partial charge in [-0.1, -0.05) is 6.92 Å². The minimum Gasteiger partial charge on any atom is -0.481 e. The molecule has 0 amide bonds. The first-order valence-electron chi connectivity index (χ1n) is 4.16. The molecule has 0 spiro atoms. The van der Waals surface area contributed by atoms with Gasteiger partial charge in [-0.15, -0.1) is 0 Å². The molecule has 0 aliphatic rings. The maximum absolute atomic E-state index is 11.5. The van der Waals surface area contributed by atoms with Crippen molar-refractivity contribution < 1.29 is 18.3 Å². The van der Waals surface area contributed by atoms with E-state index in [1.165, 1.54) is 13.8 Å². The summed E-state index contributed by atoms with van der Waals surface area (Å²) in [5.41, 5.74) is 0. The Morgan fingerprint density at radius 1 is 1.15 bits per heavy atom. The third-order valence-electron chi connectivity index (χ3n) is 2.27. The van der Waals surface area contributed by atoms with Crippen molar-refractivity contribution in [2.24, 2.45) is 5.92 Å². The second-order valence-corrected chi connectivity index (χ2v) is 6.33. The van der Waals surface area contributed by atoms with Gasteiger partial charge in [-0.2, -0.15) is 0 Å². The summed E-state index contributed by atoms with van der Waals surface area (Å²) in [5.74, 6) is -1.93. The van der Waals surface area contributed by atoms with Gasteiger partial charge in [0.15, 0.2) is 9.84 Å². The number of hydrogen-bond donors (Lipinski definition) is 1. The molecule has 13 heavy (non-hydrogen) atoms. The van der Waals surface area contributed by atoms with Gasteiger partial charge < -0.3 is 5.11 Å². The number of rotatable bonds is 4. The Hall–Kier alpha value is -0.580. The minimum absolute atomic E-state index is 0.524. The average molecular weight is 208 g/mol. The molecule has 78 valence electrons. The highest BCUT2D eigenvalue weighted by Crippen LogP contribution is 2.17. The second kappa shape index (κ2) is 4.09. The van der Waals surface area contributed by atoms with Gasteiger partial charge in [-0.05, 0) is 20.8 Å². The number of hydrogen-bond acceptors (Lipinski definition) is 3. The topological polar surface area (TPSA) is 71.4 Å². The monoisotopic (exact) mass is 208 g/mol. The molecule has 0 heterocycles. The Morgan fingerprint density at radius 2 is 1.54 bits per heavy atom. The van der Waals surface area contributed by atoms with Gasteiger partial charge in [-0.25, -0.2) is 8.42 Å². The van der Waals surface area contributed by atoms with Crippen molar-refractivity contribution in [2.75, 3.05) is 0 Å². The highest BCUT2D eigenvalue weighted by Gasteiger charge is 2.32. The standard InChI is InChI=1S/C8H16O4S/c1-5(2)13(11,12)7(4)6(3)8(9)10/h5-7H,1-4H3,(H,9,10). The van der Waals surface area contributed by atoms with Gasteiger partial charge in [-0.3, -0.25) is 4.79 Å². The molecule has 4 nitrogen and oxygen atoms in total. The Labute approximate surface area is 78.9 Å². The largest absolute Gasteiger partial charge is 0.481 e. The number of sulfone groups is 1. The lowest BCUT2D eigenvalue weighted by molar-refractivity contribution is -0.141. The smallest absolute Gasteiger partial charge is 0.307 e. The number of carboxylic acid groups (broad SMARTS) is 1. The van der Waals surface area contributed by atoms with E-state index in [-0.39, 0.29) is 0 Å². The highest BCUT2D eigenvalue weighted by molar-refractivity contribution is 7.92. The molecule has 0 aromatic heterocycles. The van der Waals surface area contributed by atoms with Gasteiger partial charge in [0.25, 0.3) is 0 Å². The van der Waals surface area contributed by atoms with Gasteiger partial charge in [0.05, 0.1) is 16.4 Å². The fourth-order valence-corrected chi connectivity index (χ4v) is 2.46. The summed E-state index contributed by atoms with van der Waals surface area (Å²) in [6.07, 6.45) is 0. The van der Waals surface area contributed by atoms with Crippen molar-refractivity contribution in [1.82, 2.24) is 0 Å². The molecule has 0 saturated carbocycles. The van der Waals surface area contributed by atoms with Crippen molar-refractivity contribution in [1.29, 1.82) is 0 Å². The number of carbonyl (C=O) groups is 1. The van der Waals surface area contributed by atoms with Crippen LogP contribution < -0.4 is 0 Å². The van der Waals surface area contributed by atoms with Gasteiger partial charge in [0.1, 0.15) is 0 Å². The number of aliphatic carboxylic acids is 1. The normalized spacial score (nSPS) is 17.0. The van der Waals surface area contributed by atoms with Crippen LogP contribution in [0.25, 0.3) is 0 Å². The molecule has 0 rings (SSSR count). The molecule has 0 aromatic rings. The molecular weight excluding hydrogens is 192 g/mol. The van der Waals surface area contributed by atoms with Crippen molar-refractivity contribution in [2.45, 2.75) is 38.2 Å². The number of carboxylic acids is 1. The first-order chi connectivity index (χ1) is 5.71. The second-order valence-electron chi connectivity index (χ2n) is 3.47. The first kappa shape index (κ1) is 12.4. The van der Waals surface area contributed by atoms with E-state index in [9.17, 15) is 13.2 Å². The summed E-state index contributed by atoms with van der Waals surface area (Å²) >= 11 is 0. The summed E-state index contributed by atoms with van der Waals surface area (Å²) in [5, 5.41) is 7.28. The van der Waals surface area contributed by atoms with Crippen LogP contribution in [0.4, 0.5) is 0 Å². The predicted octanol–water partition coefficient (Wildman–Crippen LogP) is 0.919. The Kier molecular flexibility index (Phi) is 3.90. The summed E-state index contributed by atoms with van der Waals surface area (Å²) in [4.78, 5) is 10.5. The molecule has 5 heteroatoms. The molecule has 0 aromatic carbocycles. The molecule has 1 N–H and O–H groups in total. The highest BCUT2D eigenvalue weighted by atomic mass is 32.2. The van der Waals surface area contributed by atoms with Crippen molar-refractivity contribution in [3.05, 3.63) is 0 Å². The van der Waals surface area contributed by atoms with Crippen molar-refractivity contribution >= 4 is 15.8 Å². The van der Waals surface area contributed by atoms with E-state index >= 15 is 0 Å². The minimum atomic E-state index is -3.30. The van der Waals surface area contributed by atoms with Crippen LogP contribution in [-0.4, -0.2) is 30.0 Å². The summed E-state index contributed by atoms with van der Waals surface area (Å²) < 4.78 is 23.0. The van der Waals surface area contributed by atoms with E-state index in [0.717, 1.165) is 0 Å². The van der Waals surface area contributed by atoms with Crippen LogP contribution in [-0.2, 0) is 14.6 Å². The van der Waals surface area contributed by atoms with Crippen LogP contribution in [0, 0.1) is 5.92 Å². The van der Waals surface area contributed by atoms with Gasteiger partial charge >= 0.3 is 5.97 Å². The molecule has 2 unspecified atom stereocenters. The first-order valence-corrected chi connectivity index (χ1v) is 5.77. The molecule has 0 bridgehead atoms. The fraction of sp³-hybridized carbons (Fsp3) is 0.875. The van der Waals surface area contributed by atoms with E-state index in [1.54, 1.807) is 13.8 Å². The summed E-state index contributed by atoms with van der Waals surface area (Å²) in [6, 6.07) is 0. The SMILES string of the molecule is CC(C(=O)O)C(C)S(=O)(=O)C(C)C. The predicted molar refractivity (Wildman–Crippen MR) is 50.3 cm³/mol. The Morgan fingerprint density at radius 3 is 1.77 bits per heavy atom. The summed E-state index contributed by atoms with van der Waals surface area (Å²) in [7, 11) is -3.30. The van der Waals surface area contributed by atoms with E-state index in [1.807, 2.05) is 0 Å². The molecule has 0 fully saturated rings. The third-order valence-corrected chi connectivity index (χ3v) is 5.03. The zero-order chi connectivity index (χ0) is 10.8. The molecule has 2 atom stereocenters. The quantitative estimate of drug-likeness (QED) is 0.745. The lowest BCUT2D eigenvalue weighted by atomic mass is 10.1. The maximum Gasteiger partial charge on any atom is 0.307 e. The van der Waals surface area contributed by atoms with Crippen LogP contribution in [0.5, 0.6) is 0 Å². The zero-order valence-electron chi connectivity index (χ0n) is 8.31. The molecule has 0 aliphatic carbocycles. The molecular formula is C8H16O4S. The Balaban J connectivity index is 4.80. The lowest BCUT2D eigenvalue weighted by Crippen LogP contribution is -2.34. The van der Waals surface area contributed by atoms with Crippen LogP contribution in [0.3, 0.4) is 0 Å². The van der Waals surface area contributed by atoms with Crippen LogP contribution in [0.15, 0.2) is 0 Å². The lowest BCUT2D eigenvalue weighted by Gasteiger charge is -2.18. The van der Waals surface area contributed by atoms with Gasteiger partial charge in [0.2, 0.25) is 0 Å². The van der Waals surface area contributed by atoms with Crippen LogP contribution >= 0.6 is 0 Å². The van der Waals surface area contributed by atoms with E-state index in [4.69, 9.17) is 5.11 Å². The third kappa shape index (κ3) is 2.69. The van der Waals surface area contributed by atoms with E-state index in [2.05, 4.69) is 0 Å². The maximum atomic E-state index is 11.5. The van der Waals surface area contributed by atoms with Crippen molar-refractivity contribution in [3.8, 4) is 0 Å². The van der Waals surface area contributed by atoms with E-state index in [0.29, 0.717) is 0 Å². The van der Waals surface area contributed by atoms with Crippen LogP contribution in [0.2, 0.25) is 0 Å². The van der Waals surface area contributed by atoms with Gasteiger partial charge in [0, 0.05) is 0 Å². The molecule has 0 radical (unpaired) electrons.